The Labute approximate surface area is 228 Å². The van der Waals surface area contributed by atoms with Crippen LogP contribution in [-0.2, 0) is 4.74 Å². The Hall–Kier alpha value is -2.92. The van der Waals surface area contributed by atoms with E-state index < -0.39 is 30.1 Å². The molecule has 3 saturated heterocycles. The number of aromatic nitrogens is 1. The molecule has 0 saturated carbocycles. The summed E-state index contributed by atoms with van der Waals surface area (Å²) >= 11 is 6.00. The van der Waals surface area contributed by atoms with Gasteiger partial charge in [-0.25, -0.2) is 4.79 Å². The molecule has 2 aromatic carbocycles. The molecule has 0 amide bonds. The number of hydrogen-bond donors (Lipinski definition) is 0. The van der Waals surface area contributed by atoms with Crippen LogP contribution < -0.4 is 4.74 Å². The van der Waals surface area contributed by atoms with Crippen molar-refractivity contribution in [3.05, 3.63) is 70.9 Å². The quantitative estimate of drug-likeness (QED) is 0.132. The fraction of sp³-hybridized carbons (Fsp3) is 0.407. The Kier molecular flexibility index (Phi) is 8.71. The van der Waals surface area contributed by atoms with Crippen LogP contribution in [0.25, 0.3) is 10.9 Å². The number of ether oxygens (including phenoxy) is 2. The maximum atomic E-state index is 16.5. The lowest BCUT2D eigenvalue weighted by molar-refractivity contribution is -1.09. The van der Waals surface area contributed by atoms with E-state index in [1.807, 2.05) is 24.3 Å². The molecular weight excluding hydrogens is 542 g/mol. The Morgan fingerprint density at radius 3 is 2.46 bits per heavy atom. The SMILES string of the molecule is CC[C@H]1C[N+]2(F)CC[C@H]1C[C@H]2[C@H](OC(=O)c1ccc(Cl)cc1)c1ccnc2ccc(OC)cc12.F[B-](F)(F)F. The first-order chi connectivity index (χ1) is 18.4. The van der Waals surface area contributed by atoms with Gasteiger partial charge in [-0.2, -0.15) is 0 Å². The summed E-state index contributed by atoms with van der Waals surface area (Å²) in [6, 6.07) is 13.5. The number of quaternary nitrogens is 1. The summed E-state index contributed by atoms with van der Waals surface area (Å²) in [5, 5.41) is 1.34. The standard InChI is InChI=1S/C27H29ClFN2O3.BF4/c1-3-17-16-31(29)13-11-19(17)14-25(31)26(34-27(32)18-4-6-20(28)7-5-18)22-10-12-30-24-9-8-21(33-2)15-23(22)24;2-1(3,4)5/h4-10,12,15,17,19,25-26H,3,11,13-14,16H2,1-2H3;/q+1;-1/t17-,19-,25-,26+,31?;/m0./s1. The molecule has 6 rings (SSSR count). The van der Waals surface area contributed by atoms with Crippen LogP contribution in [0.5, 0.6) is 5.75 Å². The van der Waals surface area contributed by atoms with Crippen molar-refractivity contribution in [1.29, 1.82) is 0 Å². The Morgan fingerprint density at radius 2 is 1.85 bits per heavy atom. The molecule has 210 valence electrons. The van der Waals surface area contributed by atoms with Gasteiger partial charge < -0.3 is 26.7 Å². The lowest BCUT2D eigenvalue weighted by Gasteiger charge is -2.51. The van der Waals surface area contributed by atoms with E-state index in [4.69, 9.17) is 21.1 Å². The monoisotopic (exact) mass is 570 g/mol. The van der Waals surface area contributed by atoms with Crippen LogP contribution in [-0.4, -0.2) is 49.2 Å². The first-order valence-electron chi connectivity index (χ1n) is 12.7. The fourth-order valence-electron chi connectivity index (χ4n) is 5.83. The van der Waals surface area contributed by atoms with Gasteiger partial charge in [-0.1, -0.05) is 18.5 Å². The van der Waals surface area contributed by atoms with Crippen LogP contribution in [0.15, 0.2) is 54.7 Å². The number of esters is 1. The minimum absolute atomic E-state index is 0.358. The molecule has 1 unspecified atom stereocenters. The van der Waals surface area contributed by atoms with E-state index in [-0.39, 0.29) is 0 Å². The van der Waals surface area contributed by atoms with Crippen molar-refractivity contribution in [3.63, 3.8) is 0 Å². The molecule has 0 N–H and O–H groups in total. The second-order valence-electron chi connectivity index (χ2n) is 9.96. The average molecular weight is 571 g/mol. The van der Waals surface area contributed by atoms with Crippen LogP contribution >= 0.6 is 11.6 Å². The van der Waals surface area contributed by atoms with Crippen molar-refractivity contribution >= 4 is 35.7 Å². The van der Waals surface area contributed by atoms with Crippen LogP contribution in [0, 0.1) is 11.8 Å². The molecule has 2 bridgehead atoms. The number of carbonyl (C=O) groups excluding carboxylic acids is 1. The highest BCUT2D eigenvalue weighted by atomic mass is 35.5. The Bertz CT molecular complexity index is 1310. The van der Waals surface area contributed by atoms with Gasteiger partial charge in [0.2, 0.25) is 0 Å². The molecule has 5 nitrogen and oxygen atoms in total. The number of nitrogens with zero attached hydrogens (tertiary/aromatic N) is 2. The molecular formula is C27H29BClF5N2O3. The summed E-state index contributed by atoms with van der Waals surface area (Å²) in [5.74, 6) is 0.975. The van der Waals surface area contributed by atoms with Gasteiger partial charge in [0.1, 0.15) is 18.8 Å². The number of pyridine rings is 1. The van der Waals surface area contributed by atoms with Gasteiger partial charge >= 0.3 is 13.2 Å². The highest BCUT2D eigenvalue weighted by molar-refractivity contribution is 6.50. The lowest BCUT2D eigenvalue weighted by atomic mass is 9.72. The van der Waals surface area contributed by atoms with Gasteiger partial charge in [0.05, 0.1) is 18.2 Å². The number of fused-ring (bicyclic) bond motifs is 4. The summed E-state index contributed by atoms with van der Waals surface area (Å²) in [4.78, 5) is 17.7. The highest BCUT2D eigenvalue weighted by Crippen LogP contribution is 2.49. The summed E-state index contributed by atoms with van der Waals surface area (Å²) < 4.78 is 66.5. The zero-order valence-electron chi connectivity index (χ0n) is 21.5. The van der Waals surface area contributed by atoms with E-state index in [0.717, 1.165) is 29.3 Å². The van der Waals surface area contributed by atoms with Crippen LogP contribution in [0.3, 0.4) is 0 Å². The number of piperidine rings is 3. The van der Waals surface area contributed by atoms with Gasteiger partial charge in [-0.05, 0) is 65.4 Å². The van der Waals surface area contributed by atoms with Crippen molar-refractivity contribution in [1.82, 2.24) is 4.98 Å². The summed E-state index contributed by atoms with van der Waals surface area (Å²) in [6.45, 7) is 3.05. The van der Waals surface area contributed by atoms with Gasteiger partial charge in [0, 0.05) is 40.9 Å². The molecule has 3 aliphatic rings. The Morgan fingerprint density at radius 1 is 1.15 bits per heavy atom. The predicted molar refractivity (Wildman–Crippen MR) is 139 cm³/mol. The predicted octanol–water partition coefficient (Wildman–Crippen LogP) is 7.61. The molecule has 3 aromatic rings. The molecule has 3 aliphatic heterocycles. The summed E-state index contributed by atoms with van der Waals surface area (Å²) in [6.07, 6.45) is 3.45. The van der Waals surface area contributed by atoms with E-state index >= 15 is 4.48 Å². The summed E-state index contributed by atoms with van der Waals surface area (Å²) in [5.41, 5.74) is 1.89. The minimum Gasteiger partial charge on any atom is -0.497 e. The number of halogens is 6. The third-order valence-electron chi connectivity index (χ3n) is 7.69. The highest BCUT2D eigenvalue weighted by Gasteiger charge is 2.57. The maximum Gasteiger partial charge on any atom is 0.673 e. The maximum absolute atomic E-state index is 16.5. The van der Waals surface area contributed by atoms with Crippen molar-refractivity contribution in [2.75, 3.05) is 20.2 Å². The zero-order valence-corrected chi connectivity index (χ0v) is 22.3. The second-order valence-corrected chi connectivity index (χ2v) is 10.4. The van der Waals surface area contributed by atoms with E-state index in [0.29, 0.717) is 47.7 Å². The van der Waals surface area contributed by atoms with E-state index in [1.165, 1.54) is 0 Å². The third kappa shape index (κ3) is 6.81. The van der Waals surface area contributed by atoms with Gasteiger partial charge in [-0.3, -0.25) is 4.98 Å². The molecule has 4 heterocycles. The number of hydrogen-bond acceptors (Lipinski definition) is 4. The topological polar surface area (TPSA) is 48.4 Å². The van der Waals surface area contributed by atoms with Crippen molar-refractivity contribution in [2.24, 2.45) is 11.8 Å². The van der Waals surface area contributed by atoms with E-state index in [9.17, 15) is 22.1 Å². The number of rotatable bonds is 6. The molecule has 12 heteroatoms. The number of benzene rings is 2. The fourth-order valence-corrected chi connectivity index (χ4v) is 5.95. The largest absolute Gasteiger partial charge is 0.673 e. The molecule has 0 spiro atoms. The zero-order chi connectivity index (χ0) is 28.4. The number of methoxy groups -OCH3 is 1. The van der Waals surface area contributed by atoms with Crippen LogP contribution in [0.1, 0.15) is 48.2 Å². The van der Waals surface area contributed by atoms with E-state index in [1.54, 1.807) is 37.6 Å². The summed E-state index contributed by atoms with van der Waals surface area (Å²) in [7, 11) is -4.40. The first-order valence-corrected chi connectivity index (χ1v) is 13.1. The molecule has 39 heavy (non-hydrogen) atoms. The van der Waals surface area contributed by atoms with Crippen LogP contribution in [0.2, 0.25) is 5.02 Å². The minimum atomic E-state index is -6.00. The van der Waals surface area contributed by atoms with Crippen molar-refractivity contribution in [3.8, 4) is 5.75 Å². The van der Waals surface area contributed by atoms with Gasteiger partial charge in [-0.15, -0.1) is 4.71 Å². The average Bonchev–Trinajstić information content (AvgIpc) is 2.90. The third-order valence-corrected chi connectivity index (χ3v) is 7.94. The molecule has 0 radical (unpaired) electrons. The Balaban J connectivity index is 0.000000648. The van der Waals surface area contributed by atoms with E-state index in [2.05, 4.69) is 11.9 Å². The smallest absolute Gasteiger partial charge is 0.497 e. The first kappa shape index (κ1) is 29.1. The van der Waals surface area contributed by atoms with Gasteiger partial charge in [0.25, 0.3) is 0 Å². The normalized spacial score (nSPS) is 25.0. The molecule has 0 aliphatic carbocycles. The van der Waals surface area contributed by atoms with Crippen molar-refractivity contribution < 1.29 is 40.7 Å². The van der Waals surface area contributed by atoms with Crippen LogP contribution in [0.4, 0.5) is 21.7 Å². The van der Waals surface area contributed by atoms with Crippen molar-refractivity contribution in [2.45, 2.75) is 38.3 Å². The molecule has 3 fully saturated rings. The van der Waals surface area contributed by atoms with Gasteiger partial charge in [0.15, 0.2) is 12.1 Å². The lowest BCUT2D eigenvalue weighted by Crippen LogP contribution is -2.64. The number of carbonyl (C=O) groups is 1. The molecule has 5 atom stereocenters. The second kappa shape index (κ2) is 11.7. The molecule has 1 aromatic heterocycles.